The minimum atomic E-state index is -0.459. The minimum absolute atomic E-state index is 0.459. The maximum Gasteiger partial charge on any atom is 0.133 e. The van der Waals surface area contributed by atoms with Gasteiger partial charge in [0.05, 0.1) is 11.4 Å². The third-order valence-electron chi connectivity index (χ3n) is 4.23. The molecule has 1 atom stereocenters. The van der Waals surface area contributed by atoms with Gasteiger partial charge in [-0.15, -0.1) is 0 Å². The largest absolute Gasteiger partial charge is 0.382 e. The first-order chi connectivity index (χ1) is 9.25. The van der Waals surface area contributed by atoms with Gasteiger partial charge >= 0.3 is 0 Å². The number of rotatable bonds is 2. The van der Waals surface area contributed by atoms with Crippen molar-refractivity contribution in [2.24, 2.45) is 0 Å². The molecule has 1 aromatic carbocycles. The lowest BCUT2D eigenvalue weighted by Crippen LogP contribution is -2.34. The van der Waals surface area contributed by atoms with E-state index in [-0.39, 0.29) is 0 Å². The van der Waals surface area contributed by atoms with Crippen LogP contribution in [0.5, 0.6) is 0 Å². The third-order valence-corrected chi connectivity index (χ3v) is 4.23. The van der Waals surface area contributed by atoms with Crippen molar-refractivity contribution in [1.29, 1.82) is 0 Å². The normalized spacial score (nSPS) is 21.7. The fraction of sp³-hybridized carbons (Fsp3) is 0.600. The van der Waals surface area contributed by atoms with E-state index in [9.17, 15) is 5.11 Å². The van der Waals surface area contributed by atoms with E-state index in [1.807, 2.05) is 0 Å². The van der Waals surface area contributed by atoms with Gasteiger partial charge in [0.25, 0.3) is 0 Å². The summed E-state index contributed by atoms with van der Waals surface area (Å²) in [6, 6.07) is 6.27. The van der Waals surface area contributed by atoms with Crippen molar-refractivity contribution in [2.75, 3.05) is 43.4 Å². The molecule has 0 aromatic heterocycles. The van der Waals surface area contributed by atoms with Gasteiger partial charge in [0.15, 0.2) is 0 Å². The van der Waals surface area contributed by atoms with Crippen LogP contribution in [0, 0.1) is 0 Å². The Balaban J connectivity index is 1.81. The lowest BCUT2D eigenvalue weighted by molar-refractivity contribution is -0.00978. The second kappa shape index (κ2) is 5.39. The Morgan fingerprint density at radius 3 is 2.74 bits per heavy atom. The molecule has 2 aliphatic rings. The van der Waals surface area contributed by atoms with E-state index in [4.69, 9.17) is 0 Å². The molecular formula is C15H23N3O. The molecule has 0 radical (unpaired) electrons. The maximum atomic E-state index is 10.5. The Morgan fingerprint density at radius 2 is 1.95 bits per heavy atom. The number of piperidine rings is 1. The highest BCUT2D eigenvalue weighted by Crippen LogP contribution is 2.32. The van der Waals surface area contributed by atoms with Crippen molar-refractivity contribution in [3.63, 3.8) is 0 Å². The number of benzene rings is 1. The summed E-state index contributed by atoms with van der Waals surface area (Å²) in [5.74, 6) is 0. The summed E-state index contributed by atoms with van der Waals surface area (Å²) < 4.78 is 0. The lowest BCUT2D eigenvalue weighted by atomic mass is 10.1. The van der Waals surface area contributed by atoms with E-state index in [1.54, 1.807) is 0 Å². The Bertz CT molecular complexity index is 443. The van der Waals surface area contributed by atoms with E-state index in [2.05, 4.69) is 40.4 Å². The van der Waals surface area contributed by atoms with Crippen molar-refractivity contribution < 1.29 is 5.11 Å². The zero-order valence-electron chi connectivity index (χ0n) is 11.6. The summed E-state index contributed by atoms with van der Waals surface area (Å²) in [6.07, 6.45) is 3.23. The number of nitrogens with one attached hydrogen (secondary N) is 1. The number of aliphatic hydroxyl groups is 1. The molecule has 0 saturated carbocycles. The summed E-state index contributed by atoms with van der Waals surface area (Å²) in [4.78, 5) is 4.43. The molecule has 2 aliphatic heterocycles. The summed E-state index contributed by atoms with van der Waals surface area (Å²) in [5, 5.41) is 13.9. The molecular weight excluding hydrogens is 238 g/mol. The monoisotopic (exact) mass is 261 g/mol. The van der Waals surface area contributed by atoms with Crippen LogP contribution in [0.3, 0.4) is 0 Å². The standard InChI is InChI=1S/C15H23N3O/c1-17-10-7-16-13-11-12(5-6-14(13)17)15(19)18-8-3-2-4-9-18/h5-6,11,15-16,19H,2-4,7-10H2,1H3. The number of hydrogen-bond donors (Lipinski definition) is 2. The first-order valence-electron chi connectivity index (χ1n) is 7.27. The van der Waals surface area contributed by atoms with Crippen molar-refractivity contribution >= 4 is 11.4 Å². The fourth-order valence-electron chi connectivity index (χ4n) is 3.04. The minimum Gasteiger partial charge on any atom is -0.382 e. The SMILES string of the molecule is CN1CCNc2cc(C(O)N3CCCCC3)ccc21. The zero-order valence-corrected chi connectivity index (χ0v) is 11.6. The van der Waals surface area contributed by atoms with Gasteiger partial charge < -0.3 is 15.3 Å². The predicted octanol–water partition coefficient (Wildman–Crippen LogP) is 2.03. The Morgan fingerprint density at radius 1 is 1.16 bits per heavy atom. The lowest BCUT2D eigenvalue weighted by Gasteiger charge is -2.33. The van der Waals surface area contributed by atoms with Gasteiger partial charge in [-0.1, -0.05) is 12.5 Å². The molecule has 1 saturated heterocycles. The molecule has 19 heavy (non-hydrogen) atoms. The number of fused-ring (bicyclic) bond motifs is 1. The van der Waals surface area contributed by atoms with E-state index in [0.717, 1.165) is 37.4 Å². The molecule has 1 unspecified atom stereocenters. The number of hydrogen-bond acceptors (Lipinski definition) is 4. The highest BCUT2D eigenvalue weighted by molar-refractivity contribution is 5.72. The van der Waals surface area contributed by atoms with Crippen molar-refractivity contribution in [3.8, 4) is 0 Å². The van der Waals surface area contributed by atoms with Gasteiger partial charge in [0, 0.05) is 33.2 Å². The topological polar surface area (TPSA) is 38.7 Å². The van der Waals surface area contributed by atoms with Crippen LogP contribution < -0.4 is 10.2 Å². The number of nitrogens with zero attached hydrogens (tertiary/aromatic N) is 2. The second-order valence-electron chi connectivity index (χ2n) is 5.60. The van der Waals surface area contributed by atoms with Gasteiger partial charge in [-0.25, -0.2) is 0 Å². The molecule has 0 bridgehead atoms. The molecule has 2 N–H and O–H groups in total. The number of anilines is 2. The number of aliphatic hydroxyl groups excluding tert-OH is 1. The van der Waals surface area contributed by atoms with Crippen LogP contribution in [0.25, 0.3) is 0 Å². The Labute approximate surface area is 115 Å². The van der Waals surface area contributed by atoms with Gasteiger partial charge in [0.1, 0.15) is 6.23 Å². The van der Waals surface area contributed by atoms with Gasteiger partial charge in [-0.3, -0.25) is 4.90 Å². The second-order valence-corrected chi connectivity index (χ2v) is 5.60. The fourth-order valence-corrected chi connectivity index (χ4v) is 3.04. The van der Waals surface area contributed by atoms with Gasteiger partial charge in [-0.2, -0.15) is 0 Å². The maximum absolute atomic E-state index is 10.5. The zero-order chi connectivity index (χ0) is 13.2. The summed E-state index contributed by atoms with van der Waals surface area (Å²) in [7, 11) is 2.11. The summed E-state index contributed by atoms with van der Waals surface area (Å²) in [6.45, 7) is 4.00. The van der Waals surface area contributed by atoms with E-state index >= 15 is 0 Å². The number of likely N-dealkylation sites (tertiary alicyclic amines) is 1. The van der Waals surface area contributed by atoms with Crippen LogP contribution in [0.2, 0.25) is 0 Å². The van der Waals surface area contributed by atoms with Crippen LogP contribution in [0.1, 0.15) is 31.1 Å². The summed E-state index contributed by atoms with van der Waals surface area (Å²) in [5.41, 5.74) is 3.37. The van der Waals surface area contributed by atoms with Crippen molar-refractivity contribution in [1.82, 2.24) is 4.90 Å². The highest BCUT2D eigenvalue weighted by atomic mass is 16.3. The molecule has 2 heterocycles. The van der Waals surface area contributed by atoms with Crippen LogP contribution in [0.4, 0.5) is 11.4 Å². The van der Waals surface area contributed by atoms with E-state index in [1.165, 1.54) is 24.9 Å². The molecule has 0 spiro atoms. The first-order valence-corrected chi connectivity index (χ1v) is 7.27. The Hall–Kier alpha value is -1.26. The molecule has 0 aliphatic carbocycles. The average molecular weight is 261 g/mol. The van der Waals surface area contributed by atoms with Crippen molar-refractivity contribution in [3.05, 3.63) is 23.8 Å². The third kappa shape index (κ3) is 2.55. The molecule has 104 valence electrons. The van der Waals surface area contributed by atoms with Crippen LogP contribution in [-0.2, 0) is 0 Å². The van der Waals surface area contributed by atoms with Crippen LogP contribution in [-0.4, -0.2) is 43.2 Å². The molecule has 4 heteroatoms. The molecule has 4 nitrogen and oxygen atoms in total. The molecule has 0 amide bonds. The quantitative estimate of drug-likeness (QED) is 0.854. The van der Waals surface area contributed by atoms with Gasteiger partial charge in [0.2, 0.25) is 0 Å². The van der Waals surface area contributed by atoms with Crippen molar-refractivity contribution in [2.45, 2.75) is 25.5 Å². The van der Waals surface area contributed by atoms with E-state index in [0.29, 0.717) is 0 Å². The first kappa shape index (κ1) is 12.8. The van der Waals surface area contributed by atoms with E-state index < -0.39 is 6.23 Å². The predicted molar refractivity (Wildman–Crippen MR) is 78.6 cm³/mol. The highest BCUT2D eigenvalue weighted by Gasteiger charge is 2.21. The Kier molecular flexibility index (Phi) is 3.62. The molecule has 3 rings (SSSR count). The van der Waals surface area contributed by atoms with Gasteiger partial charge in [-0.05, 0) is 30.5 Å². The van der Waals surface area contributed by atoms with Crippen LogP contribution >= 0.6 is 0 Å². The molecule has 1 fully saturated rings. The number of likely N-dealkylation sites (N-methyl/N-ethyl adjacent to an activating group) is 1. The van der Waals surface area contributed by atoms with Crippen LogP contribution in [0.15, 0.2) is 18.2 Å². The smallest absolute Gasteiger partial charge is 0.133 e. The molecule has 1 aromatic rings. The average Bonchev–Trinajstić information content (AvgIpc) is 2.47. The summed E-state index contributed by atoms with van der Waals surface area (Å²) >= 11 is 0.